The van der Waals surface area contributed by atoms with Crippen LogP contribution in [0.25, 0.3) is 0 Å². The molecule has 0 unspecified atom stereocenters. The summed E-state index contributed by atoms with van der Waals surface area (Å²) in [5.41, 5.74) is 10.3. The van der Waals surface area contributed by atoms with Gasteiger partial charge in [0.1, 0.15) is 0 Å². The third-order valence-electron chi connectivity index (χ3n) is 0.658. The summed E-state index contributed by atoms with van der Waals surface area (Å²) in [5.74, 6) is 0. The van der Waals surface area contributed by atoms with E-state index in [1.54, 1.807) is 0 Å². The Kier molecular flexibility index (Phi) is 244. The maximum absolute atomic E-state index is 5.16. The summed E-state index contributed by atoms with van der Waals surface area (Å²) in [6.07, 6.45) is 2.13. The second-order valence-corrected chi connectivity index (χ2v) is 1.28. The van der Waals surface area contributed by atoms with E-state index < -0.39 is 0 Å². The van der Waals surface area contributed by atoms with Crippen LogP contribution in [0.15, 0.2) is 0 Å². The van der Waals surface area contributed by atoms with Crippen molar-refractivity contribution in [2.75, 3.05) is 13.1 Å². The van der Waals surface area contributed by atoms with E-state index in [1.165, 1.54) is 0 Å². The zero-order chi connectivity index (χ0) is 4.83. The van der Waals surface area contributed by atoms with Gasteiger partial charge in [-0.3, -0.25) is 0 Å². The molecule has 0 aromatic heterocycles. The number of rotatable bonds is 3. The molecule has 0 spiro atoms. The van der Waals surface area contributed by atoms with Crippen molar-refractivity contribution in [3.8, 4) is 0 Å². The van der Waals surface area contributed by atoms with E-state index in [1.807, 2.05) is 0 Å². The van der Waals surface area contributed by atoms with Gasteiger partial charge in [0.05, 0.1) is 0 Å². The normalized spacial score (nSPS) is 4.50. The van der Waals surface area contributed by atoms with Gasteiger partial charge >= 0.3 is 0 Å². The molecule has 6 nitrogen and oxygen atoms in total. The molecular weight excluding hydrogens is 522 g/mol. The molecule has 12 heavy (non-hydrogen) atoms. The number of hydrogen-bond acceptors (Lipinski definition) is 6. The van der Waals surface area contributed by atoms with Gasteiger partial charge in [-0.15, -0.1) is 0 Å². The maximum Gasteiger partial charge on any atom is 0 e. The average molecular weight is 546 g/mol. The Labute approximate surface area is 104 Å². The van der Waals surface area contributed by atoms with E-state index in [4.69, 9.17) is 11.5 Å². The molecule has 0 aliphatic carbocycles. The van der Waals surface area contributed by atoms with Gasteiger partial charge < -0.3 is 36.1 Å². The zero-order valence-electron chi connectivity index (χ0n) is 7.44. The number of unbranched alkanes of at least 4 members (excludes halogenated alkanes) is 1. The first-order chi connectivity index (χ1) is 2.91. The van der Waals surface area contributed by atoms with Crippen LogP contribution < -0.4 is 36.1 Å². The van der Waals surface area contributed by atoms with E-state index in [-0.39, 0.29) is 66.7 Å². The van der Waals surface area contributed by atoms with Gasteiger partial charge in [-0.1, -0.05) is 0 Å². The van der Waals surface area contributed by atoms with Crippen LogP contribution in [0.3, 0.4) is 0 Å². The molecule has 0 rings (SSSR count). The van der Waals surface area contributed by atoms with E-state index in [0.29, 0.717) is 0 Å². The van der Waals surface area contributed by atoms with Crippen molar-refractivity contribution in [3.05, 3.63) is 0 Å². The predicted molar refractivity (Wildman–Crippen MR) is 47.4 cm³/mol. The Balaban J connectivity index is -0.00000000833. The molecule has 0 saturated carbocycles. The summed E-state index contributed by atoms with van der Waals surface area (Å²) in [6.45, 7) is 1.55. The van der Waals surface area contributed by atoms with Crippen LogP contribution in [0.4, 0.5) is 0 Å². The number of hydrogen-bond donors (Lipinski definition) is 6. The van der Waals surface area contributed by atoms with Crippen LogP contribution >= 0.6 is 0 Å². The number of nitrogens with two attached hydrogens (primary N) is 2. The first kappa shape index (κ1) is 51.4. The van der Waals surface area contributed by atoms with E-state index >= 15 is 0 Å². The van der Waals surface area contributed by atoms with Gasteiger partial charge in [0, 0.05) is 42.1 Å². The summed E-state index contributed by atoms with van der Waals surface area (Å²) in [4.78, 5) is 0. The van der Waals surface area contributed by atoms with Crippen molar-refractivity contribution in [2.45, 2.75) is 12.8 Å². The minimum atomic E-state index is 0. The molecule has 8 heteroatoms. The zero-order valence-corrected chi connectivity index (χ0v) is 12.0. The van der Waals surface area contributed by atoms with Crippen molar-refractivity contribution in [2.24, 2.45) is 11.5 Å². The van der Waals surface area contributed by atoms with Crippen molar-refractivity contribution in [1.29, 1.82) is 0 Å². The summed E-state index contributed by atoms with van der Waals surface area (Å²) >= 11 is 0. The SMILES string of the molecule is N.N.N.N.NCCCCN.[Pt].[Pt]. The van der Waals surface area contributed by atoms with Crippen molar-refractivity contribution >= 4 is 0 Å². The molecule has 0 fully saturated rings. The molecule has 0 aromatic rings. The molecule has 0 heterocycles. The third-order valence-corrected chi connectivity index (χ3v) is 0.658. The van der Waals surface area contributed by atoms with Crippen molar-refractivity contribution < 1.29 is 42.1 Å². The van der Waals surface area contributed by atoms with E-state index in [9.17, 15) is 0 Å². The van der Waals surface area contributed by atoms with Gasteiger partial charge in [0.2, 0.25) is 0 Å². The Bertz CT molecular complexity index is 29.5. The smallest absolute Gasteiger partial charge is 0 e. The van der Waals surface area contributed by atoms with Gasteiger partial charge in [0.15, 0.2) is 0 Å². The fraction of sp³-hybridized carbons (Fsp3) is 1.00. The van der Waals surface area contributed by atoms with Crippen LogP contribution in [0.5, 0.6) is 0 Å². The molecule has 0 radical (unpaired) electrons. The van der Waals surface area contributed by atoms with Crippen LogP contribution in [-0.4, -0.2) is 13.1 Å². The quantitative estimate of drug-likeness (QED) is 0.276. The Morgan fingerprint density at radius 1 is 0.583 bits per heavy atom. The Hall–Kier alpha value is 1.14. The van der Waals surface area contributed by atoms with Gasteiger partial charge in [-0.05, 0) is 25.9 Å². The second kappa shape index (κ2) is 57.0. The van der Waals surface area contributed by atoms with Crippen LogP contribution in [0.1, 0.15) is 12.8 Å². The van der Waals surface area contributed by atoms with Gasteiger partial charge in [0.25, 0.3) is 0 Å². The predicted octanol–water partition coefficient (Wildman–Crippen LogP) is 0.327. The summed E-state index contributed by atoms with van der Waals surface area (Å²) in [5, 5.41) is 0. The fourth-order valence-corrected chi connectivity index (χ4v) is 0.289. The van der Waals surface area contributed by atoms with E-state index in [2.05, 4.69) is 0 Å². The first-order valence-electron chi connectivity index (χ1n) is 2.32. The molecule has 0 aliphatic rings. The van der Waals surface area contributed by atoms with Crippen LogP contribution in [0, 0.1) is 0 Å². The van der Waals surface area contributed by atoms with Gasteiger partial charge in [-0.2, -0.15) is 0 Å². The summed E-state index contributed by atoms with van der Waals surface area (Å²) < 4.78 is 0. The minimum Gasteiger partial charge on any atom is -0.344 e. The average Bonchev–Trinajstić information content (AvgIpc) is 1.61. The van der Waals surface area contributed by atoms with Crippen LogP contribution in [0.2, 0.25) is 0 Å². The standard InChI is InChI=1S/C4H12N2.4H3N.2Pt/c5-3-1-2-4-6;;;;;;/h1-6H2;4*1H3;;. The summed E-state index contributed by atoms with van der Waals surface area (Å²) in [7, 11) is 0. The molecule has 0 aromatic carbocycles. The molecule has 0 atom stereocenters. The van der Waals surface area contributed by atoms with Crippen molar-refractivity contribution in [3.63, 3.8) is 0 Å². The monoisotopic (exact) mass is 546 g/mol. The molecular formula is C4H24N6Pt2. The first-order valence-corrected chi connectivity index (χ1v) is 2.32. The third kappa shape index (κ3) is 66.9. The molecule has 0 aliphatic heterocycles. The van der Waals surface area contributed by atoms with Crippen LogP contribution in [-0.2, 0) is 42.1 Å². The Morgan fingerprint density at radius 3 is 0.833 bits per heavy atom. The topological polar surface area (TPSA) is 192 Å². The fourth-order valence-electron chi connectivity index (χ4n) is 0.289. The van der Waals surface area contributed by atoms with Gasteiger partial charge in [-0.25, -0.2) is 0 Å². The van der Waals surface area contributed by atoms with Crippen molar-refractivity contribution in [1.82, 2.24) is 24.6 Å². The second-order valence-electron chi connectivity index (χ2n) is 1.28. The molecule has 0 amide bonds. The Morgan fingerprint density at radius 2 is 0.750 bits per heavy atom. The maximum atomic E-state index is 5.16. The molecule has 90 valence electrons. The minimum absolute atomic E-state index is 0. The van der Waals surface area contributed by atoms with E-state index in [0.717, 1.165) is 25.9 Å². The molecule has 0 bridgehead atoms. The summed E-state index contributed by atoms with van der Waals surface area (Å²) in [6, 6.07) is 0. The largest absolute Gasteiger partial charge is 0.344 e. The molecule has 16 N–H and O–H groups in total. The molecule has 0 saturated heterocycles.